The summed E-state index contributed by atoms with van der Waals surface area (Å²) in [5.74, 6) is 2.44. The molecular weight excluding hydrogens is 841 g/mol. The van der Waals surface area contributed by atoms with Gasteiger partial charge in [-0.25, -0.2) is 9.98 Å². The molecule has 12 aromatic rings. The zero-order valence-corrected chi connectivity index (χ0v) is 38.0. The molecule has 5 heteroatoms. The van der Waals surface area contributed by atoms with E-state index >= 15 is 0 Å². The van der Waals surface area contributed by atoms with E-state index < -0.39 is 0 Å². The number of benzene rings is 9. The van der Waals surface area contributed by atoms with Crippen molar-refractivity contribution in [1.82, 2.24) is 14.1 Å². The molecule has 9 aromatic carbocycles. The Morgan fingerprint density at radius 1 is 0.493 bits per heavy atom. The van der Waals surface area contributed by atoms with E-state index in [-0.39, 0.29) is 5.92 Å². The number of aliphatic imine (C=N–C) groups is 1. The fourth-order valence-corrected chi connectivity index (χ4v) is 11.5. The van der Waals surface area contributed by atoms with Crippen molar-refractivity contribution in [3.05, 3.63) is 246 Å². The molecule has 1 unspecified atom stereocenters. The van der Waals surface area contributed by atoms with Crippen molar-refractivity contribution in [3.63, 3.8) is 0 Å². The SMILES string of the molecule is CC1=C(n2c3ccccc3c3ccc4c(c32)C(c2cccc3nc(-c5ccccc5)oc23)Cc2ccccc2-4)N=C(n2c3ccccc3c3ccccc32)CC=C1c1ccc(-c2ccccc2)cc1. The van der Waals surface area contributed by atoms with Gasteiger partial charge in [0.15, 0.2) is 5.58 Å². The van der Waals surface area contributed by atoms with Gasteiger partial charge >= 0.3 is 0 Å². The third-order valence-corrected chi connectivity index (χ3v) is 14.6. The number of nitrogens with zero attached hydrogens (tertiary/aromatic N) is 4. The van der Waals surface area contributed by atoms with Crippen LogP contribution in [0.3, 0.4) is 0 Å². The number of rotatable bonds is 5. The van der Waals surface area contributed by atoms with Crippen LogP contribution in [-0.4, -0.2) is 20.0 Å². The van der Waals surface area contributed by atoms with Crippen molar-refractivity contribution in [2.75, 3.05) is 0 Å². The Bertz CT molecular complexity index is 4070. The van der Waals surface area contributed by atoms with Crippen molar-refractivity contribution >= 4 is 71.9 Å². The van der Waals surface area contributed by atoms with E-state index in [0.29, 0.717) is 12.3 Å². The number of aromatic nitrogens is 3. The van der Waals surface area contributed by atoms with E-state index in [2.05, 4.69) is 216 Å². The van der Waals surface area contributed by atoms with Crippen LogP contribution in [0.4, 0.5) is 0 Å². The maximum absolute atomic E-state index is 6.86. The van der Waals surface area contributed by atoms with Gasteiger partial charge in [0.2, 0.25) is 5.89 Å². The Morgan fingerprint density at radius 3 is 1.81 bits per heavy atom. The Kier molecular flexibility index (Phi) is 8.93. The molecule has 0 saturated heterocycles. The Balaban J connectivity index is 1.07. The number of oxazole rings is 1. The minimum atomic E-state index is -0.0602. The van der Waals surface area contributed by atoms with Crippen LogP contribution in [0.25, 0.3) is 99.8 Å². The summed E-state index contributed by atoms with van der Waals surface area (Å²) in [5, 5.41) is 4.81. The predicted octanol–water partition coefficient (Wildman–Crippen LogP) is 16.4. The van der Waals surface area contributed by atoms with E-state index in [4.69, 9.17) is 14.4 Å². The third-order valence-electron chi connectivity index (χ3n) is 14.6. The van der Waals surface area contributed by atoms with Gasteiger partial charge in [-0.1, -0.05) is 182 Å². The van der Waals surface area contributed by atoms with Gasteiger partial charge in [-0.05, 0) is 99.8 Å². The molecule has 1 aliphatic heterocycles. The fraction of sp³-hybridized carbons (Fsp3) is 0.0625. The molecule has 0 radical (unpaired) electrons. The number of allylic oxidation sites excluding steroid dienone is 3. The third kappa shape index (κ3) is 6.17. The molecule has 0 fully saturated rings. The molecular formula is C64H44N4O. The average Bonchev–Trinajstić information content (AvgIpc) is 4.07. The smallest absolute Gasteiger partial charge is 0.227 e. The van der Waals surface area contributed by atoms with E-state index in [9.17, 15) is 0 Å². The average molecular weight is 885 g/mol. The van der Waals surface area contributed by atoms with Gasteiger partial charge in [-0.15, -0.1) is 0 Å². The normalized spacial score (nSPS) is 14.9. The van der Waals surface area contributed by atoms with Crippen LogP contribution < -0.4 is 0 Å². The fourth-order valence-electron chi connectivity index (χ4n) is 11.5. The second-order valence-electron chi connectivity index (χ2n) is 18.4. The Labute approximate surface area is 399 Å². The zero-order valence-electron chi connectivity index (χ0n) is 38.0. The molecule has 69 heavy (non-hydrogen) atoms. The van der Waals surface area contributed by atoms with E-state index in [0.717, 1.165) is 73.5 Å². The highest BCUT2D eigenvalue weighted by molar-refractivity contribution is 6.17. The van der Waals surface area contributed by atoms with Crippen LogP contribution in [0.5, 0.6) is 0 Å². The zero-order chi connectivity index (χ0) is 45.6. The Morgan fingerprint density at radius 2 is 1.09 bits per heavy atom. The van der Waals surface area contributed by atoms with Gasteiger partial charge in [0.05, 0.1) is 22.1 Å². The van der Waals surface area contributed by atoms with Crippen molar-refractivity contribution in [3.8, 4) is 33.7 Å². The summed E-state index contributed by atoms with van der Waals surface area (Å²) in [7, 11) is 0. The summed E-state index contributed by atoms with van der Waals surface area (Å²) in [4.78, 5) is 11.1. The predicted molar refractivity (Wildman–Crippen MR) is 286 cm³/mol. The van der Waals surface area contributed by atoms with Gasteiger partial charge in [0.25, 0.3) is 0 Å². The summed E-state index contributed by atoms with van der Waals surface area (Å²) in [6.45, 7) is 2.27. The van der Waals surface area contributed by atoms with Crippen LogP contribution in [0.1, 0.15) is 41.5 Å². The van der Waals surface area contributed by atoms with Crippen molar-refractivity contribution in [2.45, 2.75) is 25.7 Å². The van der Waals surface area contributed by atoms with Gasteiger partial charge in [0.1, 0.15) is 17.2 Å². The maximum Gasteiger partial charge on any atom is 0.227 e. The lowest BCUT2D eigenvalue weighted by molar-refractivity contribution is 0.610. The van der Waals surface area contributed by atoms with Crippen molar-refractivity contribution in [2.24, 2.45) is 4.99 Å². The summed E-state index contributed by atoms with van der Waals surface area (Å²) in [6, 6.07) is 76.4. The standard InChI is InChI=1S/C64H44N4O/c1-40-46(43-33-31-42(32-34-43)41-17-4-2-5-18-41)37-38-59(67-56-28-13-10-23-48(56)49-24-11-14-29-57(49)67)66-63(40)68-58-30-15-12-25-50(58)52-36-35-51-47-22-9-8-21-45(47)39-54(60(51)61(52)68)53-26-16-27-55-62(53)69-64(65-55)44-19-6-3-7-20-44/h2-37,54H,38-39H2,1H3. The molecule has 4 heterocycles. The Hall–Kier alpha value is -8.80. The molecule has 5 nitrogen and oxygen atoms in total. The number of hydrogen-bond donors (Lipinski definition) is 0. The van der Waals surface area contributed by atoms with Crippen LogP contribution in [0.15, 0.2) is 233 Å². The molecule has 2 aliphatic rings. The molecule has 326 valence electrons. The lowest BCUT2D eigenvalue weighted by Gasteiger charge is -2.30. The topological polar surface area (TPSA) is 48.2 Å². The number of para-hydroxylation sites is 4. The first-order valence-electron chi connectivity index (χ1n) is 23.9. The second kappa shape index (κ2) is 15.6. The van der Waals surface area contributed by atoms with Crippen molar-refractivity contribution < 1.29 is 4.42 Å². The monoisotopic (exact) mass is 884 g/mol. The molecule has 0 amide bonds. The lowest BCUT2D eigenvalue weighted by Crippen LogP contribution is -2.15. The van der Waals surface area contributed by atoms with Gasteiger partial charge in [-0.3, -0.25) is 9.13 Å². The summed E-state index contributed by atoms with van der Waals surface area (Å²) in [5.41, 5.74) is 19.2. The largest absolute Gasteiger partial charge is 0.436 e. The number of fused-ring (bicyclic) bond motifs is 11. The van der Waals surface area contributed by atoms with Gasteiger partial charge in [-0.2, -0.15) is 0 Å². The molecule has 0 N–H and O–H groups in total. The van der Waals surface area contributed by atoms with Crippen LogP contribution in [0, 0.1) is 0 Å². The molecule has 1 aliphatic carbocycles. The molecule has 0 saturated carbocycles. The molecule has 1 atom stereocenters. The minimum Gasteiger partial charge on any atom is -0.436 e. The summed E-state index contributed by atoms with van der Waals surface area (Å²) >= 11 is 0. The van der Waals surface area contributed by atoms with E-state index in [1.165, 1.54) is 60.5 Å². The van der Waals surface area contributed by atoms with Gasteiger partial charge in [0, 0.05) is 45.0 Å². The van der Waals surface area contributed by atoms with Crippen LogP contribution in [-0.2, 0) is 6.42 Å². The highest BCUT2D eigenvalue weighted by atomic mass is 16.3. The van der Waals surface area contributed by atoms with Crippen LogP contribution in [0.2, 0.25) is 0 Å². The molecule has 0 spiro atoms. The second-order valence-corrected chi connectivity index (χ2v) is 18.4. The maximum atomic E-state index is 6.86. The highest BCUT2D eigenvalue weighted by Gasteiger charge is 2.34. The van der Waals surface area contributed by atoms with E-state index in [1.807, 2.05) is 18.2 Å². The first kappa shape index (κ1) is 39.4. The summed E-state index contributed by atoms with van der Waals surface area (Å²) in [6.07, 6.45) is 3.83. The first-order valence-corrected chi connectivity index (χ1v) is 23.9. The first-order chi connectivity index (χ1) is 34.2. The quantitative estimate of drug-likeness (QED) is 0.173. The molecule has 3 aromatic heterocycles. The lowest BCUT2D eigenvalue weighted by atomic mass is 9.74. The van der Waals surface area contributed by atoms with Crippen molar-refractivity contribution in [1.29, 1.82) is 0 Å². The molecule has 0 bridgehead atoms. The van der Waals surface area contributed by atoms with Gasteiger partial charge < -0.3 is 4.42 Å². The summed E-state index contributed by atoms with van der Waals surface area (Å²) < 4.78 is 11.8. The minimum absolute atomic E-state index is 0.0602. The number of hydrogen-bond acceptors (Lipinski definition) is 3. The van der Waals surface area contributed by atoms with E-state index in [1.54, 1.807) is 0 Å². The van der Waals surface area contributed by atoms with Crippen LogP contribution >= 0.6 is 0 Å². The molecule has 14 rings (SSSR count). The highest BCUT2D eigenvalue weighted by Crippen LogP contribution is 2.51.